The van der Waals surface area contributed by atoms with Crippen molar-refractivity contribution in [3.8, 4) is 0 Å². The van der Waals surface area contributed by atoms with Crippen molar-refractivity contribution in [2.24, 2.45) is 0 Å². The van der Waals surface area contributed by atoms with Crippen LogP contribution in [-0.2, 0) is 5.54 Å². The highest BCUT2D eigenvalue weighted by atomic mass is 32.1. The van der Waals surface area contributed by atoms with Gasteiger partial charge in [-0.3, -0.25) is 0 Å². The van der Waals surface area contributed by atoms with Crippen molar-refractivity contribution in [1.29, 1.82) is 0 Å². The van der Waals surface area contributed by atoms with Gasteiger partial charge in [-0.25, -0.2) is 9.67 Å². The lowest BCUT2D eigenvalue weighted by Crippen LogP contribution is -2.28. The van der Waals surface area contributed by atoms with Gasteiger partial charge in [0.15, 0.2) is 0 Å². The molecule has 104 valence electrons. The van der Waals surface area contributed by atoms with E-state index in [9.17, 15) is 0 Å². The van der Waals surface area contributed by atoms with Crippen LogP contribution in [0.25, 0.3) is 21.3 Å². The molecule has 0 aliphatic carbocycles. The molecule has 0 aliphatic heterocycles. The number of fused-ring (bicyclic) bond motifs is 2. The lowest BCUT2D eigenvalue weighted by molar-refractivity contribution is 0.392. The van der Waals surface area contributed by atoms with Gasteiger partial charge in [0.2, 0.25) is 0 Å². The summed E-state index contributed by atoms with van der Waals surface area (Å²) in [6, 6.07) is 16.2. The van der Waals surface area contributed by atoms with Crippen molar-refractivity contribution >= 4 is 32.6 Å². The number of rotatable bonds is 2. The first-order valence-electron chi connectivity index (χ1n) is 6.83. The molecular weight excluding hydrogens is 280 g/mol. The second-order valence-corrected chi connectivity index (χ2v) is 6.57. The van der Waals surface area contributed by atoms with Crippen LogP contribution in [0.15, 0.2) is 48.5 Å². The van der Waals surface area contributed by atoms with E-state index in [0.717, 1.165) is 21.6 Å². The number of nitrogens with zero attached hydrogens (tertiary/aromatic N) is 4. The monoisotopic (exact) mass is 294 g/mol. The lowest BCUT2D eigenvalue weighted by atomic mass is 10.1. The largest absolute Gasteiger partial charge is 0.239 e. The van der Waals surface area contributed by atoms with E-state index in [0.29, 0.717) is 0 Å². The first kappa shape index (κ1) is 12.5. The fraction of sp³-hybridized carbons (Fsp3) is 0.188. The smallest absolute Gasteiger partial charge is 0.121 e. The highest BCUT2D eigenvalue weighted by Gasteiger charge is 2.29. The Balaban J connectivity index is 1.92. The second kappa shape index (κ2) is 4.36. The highest BCUT2D eigenvalue weighted by Crippen LogP contribution is 2.33. The van der Waals surface area contributed by atoms with Gasteiger partial charge >= 0.3 is 0 Å². The molecule has 0 amide bonds. The molecule has 2 aromatic heterocycles. The standard InChI is InChI=1S/C16H14N4S/c1-16(2,15-17-12-8-4-6-10-14(12)21-15)20-13-9-5-3-7-11(13)18-19-20/h3-10H,1-2H3. The summed E-state index contributed by atoms with van der Waals surface area (Å²) in [4.78, 5) is 4.78. The molecule has 0 unspecified atom stereocenters. The van der Waals surface area contributed by atoms with E-state index in [-0.39, 0.29) is 5.54 Å². The van der Waals surface area contributed by atoms with Gasteiger partial charge in [0.1, 0.15) is 16.1 Å². The quantitative estimate of drug-likeness (QED) is 0.564. The SMILES string of the molecule is CC(C)(c1nc2ccccc2s1)n1nnc2ccccc21. The third kappa shape index (κ3) is 1.85. The zero-order chi connectivity index (χ0) is 14.4. The molecule has 5 heteroatoms. The Labute approximate surface area is 126 Å². The molecule has 4 aromatic rings. The number of para-hydroxylation sites is 2. The third-order valence-corrected chi connectivity index (χ3v) is 5.05. The molecule has 21 heavy (non-hydrogen) atoms. The molecule has 0 saturated carbocycles. The van der Waals surface area contributed by atoms with E-state index in [1.54, 1.807) is 11.3 Å². The normalized spacial score (nSPS) is 12.3. The van der Waals surface area contributed by atoms with Gasteiger partial charge in [0.05, 0.1) is 15.7 Å². The molecule has 0 spiro atoms. The molecule has 2 heterocycles. The second-order valence-electron chi connectivity index (χ2n) is 5.54. The van der Waals surface area contributed by atoms with E-state index in [2.05, 4.69) is 30.2 Å². The van der Waals surface area contributed by atoms with Crippen LogP contribution in [-0.4, -0.2) is 20.0 Å². The minimum Gasteiger partial charge on any atom is -0.239 e. The van der Waals surface area contributed by atoms with Crippen LogP contribution in [0.5, 0.6) is 0 Å². The van der Waals surface area contributed by atoms with Crippen LogP contribution in [0.4, 0.5) is 0 Å². The molecule has 0 bridgehead atoms. The van der Waals surface area contributed by atoms with Crippen molar-refractivity contribution in [2.45, 2.75) is 19.4 Å². The van der Waals surface area contributed by atoms with Gasteiger partial charge in [0.25, 0.3) is 0 Å². The van der Waals surface area contributed by atoms with Gasteiger partial charge in [-0.05, 0) is 38.1 Å². The van der Waals surface area contributed by atoms with E-state index < -0.39 is 0 Å². The summed E-state index contributed by atoms with van der Waals surface area (Å²) in [6.45, 7) is 4.26. The molecule has 0 atom stereocenters. The summed E-state index contributed by atoms with van der Waals surface area (Å²) in [6.07, 6.45) is 0. The van der Waals surface area contributed by atoms with E-state index in [1.165, 1.54) is 4.70 Å². The number of hydrogen-bond donors (Lipinski definition) is 0. The predicted molar refractivity (Wildman–Crippen MR) is 85.6 cm³/mol. The zero-order valence-corrected chi connectivity index (χ0v) is 12.6. The summed E-state index contributed by atoms with van der Waals surface area (Å²) in [5.41, 5.74) is 2.64. The van der Waals surface area contributed by atoms with Crippen molar-refractivity contribution < 1.29 is 0 Å². The maximum absolute atomic E-state index is 4.78. The Kier molecular flexibility index (Phi) is 2.59. The van der Waals surface area contributed by atoms with Gasteiger partial charge in [-0.1, -0.05) is 29.5 Å². The van der Waals surface area contributed by atoms with Gasteiger partial charge in [-0.2, -0.15) is 0 Å². The van der Waals surface area contributed by atoms with E-state index >= 15 is 0 Å². The Hall–Kier alpha value is -2.27. The van der Waals surface area contributed by atoms with Gasteiger partial charge < -0.3 is 0 Å². The van der Waals surface area contributed by atoms with Crippen molar-refractivity contribution in [3.05, 3.63) is 53.5 Å². The fourth-order valence-electron chi connectivity index (χ4n) is 2.51. The van der Waals surface area contributed by atoms with Crippen molar-refractivity contribution in [2.75, 3.05) is 0 Å². The Morgan fingerprint density at radius 2 is 1.67 bits per heavy atom. The molecule has 0 saturated heterocycles. The molecule has 2 aromatic carbocycles. The summed E-state index contributed by atoms with van der Waals surface area (Å²) >= 11 is 1.71. The predicted octanol–water partition coefficient (Wildman–Crippen LogP) is 3.82. The lowest BCUT2D eigenvalue weighted by Gasteiger charge is -2.22. The number of aromatic nitrogens is 4. The Bertz CT molecular complexity index is 902. The molecule has 0 radical (unpaired) electrons. The van der Waals surface area contributed by atoms with Crippen molar-refractivity contribution in [3.63, 3.8) is 0 Å². The van der Waals surface area contributed by atoms with Crippen LogP contribution >= 0.6 is 11.3 Å². The average molecular weight is 294 g/mol. The first-order valence-corrected chi connectivity index (χ1v) is 7.65. The Morgan fingerprint density at radius 3 is 2.48 bits per heavy atom. The first-order chi connectivity index (χ1) is 10.2. The minimum atomic E-state index is -0.334. The van der Waals surface area contributed by atoms with Crippen LogP contribution in [0.2, 0.25) is 0 Å². The summed E-state index contributed by atoms with van der Waals surface area (Å²) in [7, 11) is 0. The number of benzene rings is 2. The third-order valence-electron chi connectivity index (χ3n) is 3.70. The average Bonchev–Trinajstić information content (AvgIpc) is 3.11. The molecule has 0 aliphatic rings. The topological polar surface area (TPSA) is 43.6 Å². The van der Waals surface area contributed by atoms with Gasteiger partial charge in [-0.15, -0.1) is 16.4 Å². The van der Waals surface area contributed by atoms with E-state index in [1.807, 2.05) is 47.1 Å². The number of thiazole rings is 1. The van der Waals surface area contributed by atoms with Crippen LogP contribution in [0.3, 0.4) is 0 Å². The zero-order valence-electron chi connectivity index (χ0n) is 11.8. The summed E-state index contributed by atoms with van der Waals surface area (Å²) in [5, 5.41) is 9.64. The Morgan fingerprint density at radius 1 is 0.952 bits per heavy atom. The molecular formula is C16H14N4S. The van der Waals surface area contributed by atoms with Crippen molar-refractivity contribution in [1.82, 2.24) is 20.0 Å². The molecule has 4 nitrogen and oxygen atoms in total. The maximum Gasteiger partial charge on any atom is 0.121 e. The molecule has 0 fully saturated rings. The summed E-state index contributed by atoms with van der Waals surface area (Å²) < 4.78 is 3.16. The number of hydrogen-bond acceptors (Lipinski definition) is 4. The highest BCUT2D eigenvalue weighted by molar-refractivity contribution is 7.18. The fourth-order valence-corrected chi connectivity index (χ4v) is 3.56. The summed E-state index contributed by atoms with van der Waals surface area (Å²) in [5.74, 6) is 0. The molecule has 4 rings (SSSR count). The van der Waals surface area contributed by atoms with Gasteiger partial charge in [0, 0.05) is 0 Å². The molecule has 0 N–H and O–H groups in total. The minimum absolute atomic E-state index is 0.334. The van der Waals surface area contributed by atoms with E-state index in [4.69, 9.17) is 4.98 Å². The van der Waals surface area contributed by atoms with Crippen LogP contribution in [0.1, 0.15) is 18.9 Å². The maximum atomic E-state index is 4.78. The van der Waals surface area contributed by atoms with Crippen LogP contribution < -0.4 is 0 Å². The van der Waals surface area contributed by atoms with Crippen LogP contribution in [0, 0.1) is 0 Å².